The molecule has 0 aliphatic rings. The second kappa shape index (κ2) is 7.98. The van der Waals surface area contributed by atoms with E-state index in [2.05, 4.69) is 10.2 Å². The van der Waals surface area contributed by atoms with E-state index in [4.69, 9.17) is 10.5 Å². The largest absolute Gasteiger partial charge is 0.460 e. The molecule has 2 aromatic carbocycles. The van der Waals surface area contributed by atoms with Gasteiger partial charge in [0.15, 0.2) is 0 Å². The zero-order valence-corrected chi connectivity index (χ0v) is 15.1. The molecule has 0 radical (unpaired) electrons. The first-order valence-electron chi connectivity index (χ1n) is 8.57. The van der Waals surface area contributed by atoms with Gasteiger partial charge in [0.1, 0.15) is 12.6 Å². The van der Waals surface area contributed by atoms with Gasteiger partial charge in [0.2, 0.25) is 0 Å². The van der Waals surface area contributed by atoms with E-state index in [1.165, 1.54) is 0 Å². The van der Waals surface area contributed by atoms with Gasteiger partial charge in [-0.15, -0.1) is 0 Å². The van der Waals surface area contributed by atoms with Gasteiger partial charge in [-0.25, -0.2) is 0 Å². The predicted octanol–water partition coefficient (Wildman–Crippen LogP) is 4.21. The van der Waals surface area contributed by atoms with E-state index in [0.717, 1.165) is 5.39 Å². The number of ether oxygens (including phenoxy) is 1. The minimum atomic E-state index is -4.99. The van der Waals surface area contributed by atoms with Crippen LogP contribution in [-0.2, 0) is 34.9 Å². The van der Waals surface area contributed by atoms with Gasteiger partial charge in [0, 0.05) is 17.5 Å². The van der Waals surface area contributed by atoms with Crippen molar-refractivity contribution >= 4 is 16.9 Å². The molecule has 30 heavy (non-hydrogen) atoms. The number of rotatable bonds is 5. The molecule has 0 aliphatic heterocycles. The van der Waals surface area contributed by atoms with Gasteiger partial charge < -0.3 is 10.5 Å². The van der Waals surface area contributed by atoms with Crippen molar-refractivity contribution in [1.82, 2.24) is 10.2 Å². The van der Waals surface area contributed by atoms with Gasteiger partial charge >= 0.3 is 18.3 Å². The molecule has 5 nitrogen and oxygen atoms in total. The lowest BCUT2D eigenvalue weighted by Crippen LogP contribution is -2.34. The number of alkyl halides is 6. The summed E-state index contributed by atoms with van der Waals surface area (Å²) < 4.78 is 82.2. The van der Waals surface area contributed by atoms with Crippen molar-refractivity contribution in [1.29, 1.82) is 0 Å². The monoisotopic (exact) mass is 431 g/mol. The zero-order chi connectivity index (χ0) is 22.1. The molecule has 3 rings (SSSR count). The third-order valence-corrected chi connectivity index (χ3v) is 4.30. The number of hydrogen-bond acceptors (Lipinski definition) is 4. The first-order chi connectivity index (χ1) is 13.9. The zero-order valence-electron chi connectivity index (χ0n) is 15.1. The van der Waals surface area contributed by atoms with Crippen LogP contribution in [0.15, 0.2) is 42.5 Å². The lowest BCUT2D eigenvalue weighted by molar-refractivity contribution is -0.146. The molecular formula is C19H15F6N3O2. The standard InChI is InChI=1S/C19H15F6N3O2/c20-18(21,22)11-5-10(6-12(7-11)19(23,24)25)9-30-17(29)14(26)8-16-13-3-1-2-4-15(13)27-28-16/h1-7,14H,8-9,26H2,(H,27,28). The maximum absolute atomic E-state index is 12.9. The number of carbonyl (C=O) groups is 1. The highest BCUT2D eigenvalue weighted by molar-refractivity contribution is 5.82. The summed E-state index contributed by atoms with van der Waals surface area (Å²) in [6.07, 6.45) is -9.98. The fraction of sp³-hybridized carbons (Fsp3) is 0.263. The molecule has 3 N–H and O–H groups in total. The number of para-hydroxylation sites is 1. The molecule has 1 aromatic heterocycles. The van der Waals surface area contributed by atoms with E-state index in [1.807, 2.05) is 0 Å². The number of benzene rings is 2. The van der Waals surface area contributed by atoms with Crippen molar-refractivity contribution < 1.29 is 35.9 Å². The van der Waals surface area contributed by atoms with Crippen molar-refractivity contribution in [3.8, 4) is 0 Å². The normalized spacial score (nSPS) is 13.4. The molecule has 0 spiro atoms. The van der Waals surface area contributed by atoms with Crippen molar-refractivity contribution in [2.75, 3.05) is 0 Å². The summed E-state index contributed by atoms with van der Waals surface area (Å²) >= 11 is 0. The molecule has 11 heteroatoms. The maximum atomic E-state index is 12.9. The number of halogens is 6. The van der Waals surface area contributed by atoms with Crippen LogP contribution in [0.25, 0.3) is 10.9 Å². The highest BCUT2D eigenvalue weighted by Gasteiger charge is 2.37. The van der Waals surface area contributed by atoms with E-state index < -0.39 is 47.7 Å². The van der Waals surface area contributed by atoms with E-state index in [-0.39, 0.29) is 12.5 Å². The SMILES string of the molecule is NC(Cc1[nH]nc2ccccc12)C(=O)OCc1cc(C(F)(F)F)cc(C(F)(F)F)c1. The number of nitrogens with one attached hydrogen (secondary N) is 1. The van der Waals surface area contributed by atoms with E-state index >= 15 is 0 Å². The van der Waals surface area contributed by atoms with Crippen LogP contribution in [0.1, 0.15) is 22.4 Å². The maximum Gasteiger partial charge on any atom is 0.416 e. The number of H-pyrrole nitrogens is 1. The number of nitrogens with zero attached hydrogens (tertiary/aromatic N) is 1. The fourth-order valence-electron chi connectivity index (χ4n) is 2.84. The number of hydrogen-bond donors (Lipinski definition) is 2. The van der Waals surface area contributed by atoms with Crippen LogP contribution in [0, 0.1) is 0 Å². The Morgan fingerprint density at radius 2 is 1.63 bits per heavy atom. The number of carbonyl (C=O) groups excluding carboxylic acids is 1. The fourth-order valence-corrected chi connectivity index (χ4v) is 2.84. The van der Waals surface area contributed by atoms with Crippen molar-refractivity contribution in [2.45, 2.75) is 31.4 Å². The van der Waals surface area contributed by atoms with Gasteiger partial charge in [-0.05, 0) is 29.8 Å². The van der Waals surface area contributed by atoms with Gasteiger partial charge in [0.25, 0.3) is 0 Å². The van der Waals surface area contributed by atoms with Crippen molar-refractivity contribution in [3.63, 3.8) is 0 Å². The molecule has 1 unspecified atom stereocenters. The first-order valence-corrected chi connectivity index (χ1v) is 8.57. The number of esters is 1. The van der Waals surface area contributed by atoms with Crippen LogP contribution in [0.3, 0.4) is 0 Å². The summed E-state index contributed by atoms with van der Waals surface area (Å²) in [7, 11) is 0. The smallest absolute Gasteiger partial charge is 0.416 e. The predicted molar refractivity (Wildman–Crippen MR) is 94.0 cm³/mol. The summed E-state index contributed by atoms with van der Waals surface area (Å²) in [4.78, 5) is 12.1. The number of aromatic nitrogens is 2. The Morgan fingerprint density at radius 1 is 1.03 bits per heavy atom. The Kier molecular flexibility index (Phi) is 5.75. The van der Waals surface area contributed by atoms with Crippen molar-refractivity contribution in [2.24, 2.45) is 5.73 Å². The van der Waals surface area contributed by atoms with Crippen molar-refractivity contribution in [3.05, 3.63) is 64.8 Å². The minimum absolute atomic E-state index is 0.000402. The Balaban J connectivity index is 1.71. The average Bonchev–Trinajstić information content (AvgIpc) is 3.07. The number of aromatic amines is 1. The van der Waals surface area contributed by atoms with Crippen LogP contribution in [-0.4, -0.2) is 22.2 Å². The Bertz CT molecular complexity index is 1030. The van der Waals surface area contributed by atoms with Crippen LogP contribution in [0.5, 0.6) is 0 Å². The lowest BCUT2D eigenvalue weighted by Gasteiger charge is -2.15. The molecule has 1 heterocycles. The van der Waals surface area contributed by atoms with Gasteiger partial charge in [0.05, 0.1) is 16.6 Å². The minimum Gasteiger partial charge on any atom is -0.460 e. The quantitative estimate of drug-likeness (QED) is 0.469. The Morgan fingerprint density at radius 3 is 2.23 bits per heavy atom. The number of fused-ring (bicyclic) bond motifs is 1. The van der Waals surface area contributed by atoms with Gasteiger partial charge in [-0.1, -0.05) is 18.2 Å². The molecule has 0 saturated carbocycles. The van der Waals surface area contributed by atoms with E-state index in [1.54, 1.807) is 24.3 Å². The molecule has 3 aromatic rings. The summed E-state index contributed by atoms with van der Waals surface area (Å²) in [5, 5.41) is 7.51. The summed E-state index contributed by atoms with van der Waals surface area (Å²) in [5.41, 5.74) is 3.55. The van der Waals surface area contributed by atoms with Gasteiger partial charge in [-0.2, -0.15) is 31.4 Å². The molecule has 160 valence electrons. The lowest BCUT2D eigenvalue weighted by atomic mass is 10.1. The van der Waals surface area contributed by atoms with Crippen LogP contribution in [0.4, 0.5) is 26.3 Å². The first kappa shape index (κ1) is 21.6. The molecule has 0 saturated heterocycles. The molecule has 0 bridgehead atoms. The second-order valence-electron chi connectivity index (χ2n) is 6.55. The van der Waals surface area contributed by atoms with Crippen LogP contribution >= 0.6 is 0 Å². The van der Waals surface area contributed by atoms with Gasteiger partial charge in [-0.3, -0.25) is 9.89 Å². The van der Waals surface area contributed by atoms with Crippen LogP contribution in [0.2, 0.25) is 0 Å². The summed E-state index contributed by atoms with van der Waals surface area (Å²) in [6, 6.07) is 6.83. The summed E-state index contributed by atoms with van der Waals surface area (Å²) in [6.45, 7) is -0.788. The third-order valence-electron chi connectivity index (χ3n) is 4.30. The van der Waals surface area contributed by atoms with Crippen LogP contribution < -0.4 is 5.73 Å². The molecule has 0 fully saturated rings. The molecular weight excluding hydrogens is 416 g/mol. The third kappa shape index (κ3) is 4.90. The second-order valence-corrected chi connectivity index (χ2v) is 6.55. The highest BCUT2D eigenvalue weighted by Crippen LogP contribution is 2.36. The Hall–Kier alpha value is -3.08. The number of nitrogens with two attached hydrogens (primary N) is 1. The topological polar surface area (TPSA) is 81.0 Å². The van der Waals surface area contributed by atoms with E-state index in [9.17, 15) is 31.1 Å². The Labute approximate surface area is 165 Å². The average molecular weight is 431 g/mol. The highest BCUT2D eigenvalue weighted by atomic mass is 19.4. The molecule has 0 amide bonds. The summed E-state index contributed by atoms with van der Waals surface area (Å²) in [5.74, 6) is -0.973. The molecule has 0 aliphatic carbocycles. The molecule has 1 atom stereocenters. The van der Waals surface area contributed by atoms with E-state index in [0.29, 0.717) is 23.3 Å².